The number of rotatable bonds is 5. The van der Waals surface area contributed by atoms with Gasteiger partial charge in [0.05, 0.1) is 6.10 Å². The van der Waals surface area contributed by atoms with E-state index >= 15 is 0 Å². The molecule has 0 amide bonds. The fraction of sp³-hybridized carbons (Fsp3) is 0.357. The van der Waals surface area contributed by atoms with E-state index in [1.165, 1.54) is 18.3 Å². The third kappa shape index (κ3) is 4.99. The van der Waals surface area contributed by atoms with Crippen LogP contribution in [0.2, 0.25) is 0 Å². The van der Waals surface area contributed by atoms with E-state index in [1.54, 1.807) is 45.0 Å². The zero-order chi connectivity index (χ0) is 14.4. The van der Waals surface area contributed by atoms with Crippen LogP contribution in [0.5, 0.6) is 5.75 Å². The topological polar surface area (TPSA) is 38.8 Å². The Hall–Kier alpha value is -2.04. The van der Waals surface area contributed by atoms with Crippen LogP contribution in [0.15, 0.2) is 36.2 Å². The van der Waals surface area contributed by atoms with Crippen LogP contribution in [0, 0.1) is 5.82 Å². The Kier molecular flexibility index (Phi) is 5.36. The third-order valence-electron chi connectivity index (χ3n) is 1.98. The van der Waals surface area contributed by atoms with E-state index in [9.17, 15) is 9.18 Å². The summed E-state index contributed by atoms with van der Waals surface area (Å²) in [6.45, 7) is 3.46. The first-order valence-electron chi connectivity index (χ1n) is 5.91. The summed E-state index contributed by atoms with van der Waals surface area (Å²) in [5, 5.41) is 0. The minimum atomic E-state index is -0.632. The number of benzene rings is 1. The van der Waals surface area contributed by atoms with Gasteiger partial charge in [-0.05, 0) is 26.0 Å². The van der Waals surface area contributed by atoms with Crippen molar-refractivity contribution in [2.75, 3.05) is 14.1 Å². The van der Waals surface area contributed by atoms with Gasteiger partial charge in [0.2, 0.25) is 5.76 Å². The number of hydrogen-bond acceptors (Lipinski definition) is 4. The largest absolute Gasteiger partial charge is 0.457 e. The summed E-state index contributed by atoms with van der Waals surface area (Å²) >= 11 is 0. The Labute approximate surface area is 112 Å². The maximum Gasteiger partial charge on any atom is 0.376 e. The van der Waals surface area contributed by atoms with Gasteiger partial charge in [-0.15, -0.1) is 0 Å². The summed E-state index contributed by atoms with van der Waals surface area (Å²) in [7, 11) is 3.46. The molecule has 0 atom stereocenters. The monoisotopic (exact) mass is 267 g/mol. The molecule has 0 saturated carbocycles. The molecule has 0 spiro atoms. The maximum absolute atomic E-state index is 13.5. The lowest BCUT2D eigenvalue weighted by Gasteiger charge is -2.14. The molecule has 0 unspecified atom stereocenters. The fourth-order valence-corrected chi connectivity index (χ4v) is 1.27. The summed E-state index contributed by atoms with van der Waals surface area (Å²) in [5.74, 6) is -1.25. The molecule has 0 fully saturated rings. The van der Waals surface area contributed by atoms with E-state index < -0.39 is 11.8 Å². The van der Waals surface area contributed by atoms with E-state index in [-0.39, 0.29) is 17.6 Å². The third-order valence-corrected chi connectivity index (χ3v) is 1.98. The van der Waals surface area contributed by atoms with Gasteiger partial charge in [-0.25, -0.2) is 9.18 Å². The summed E-state index contributed by atoms with van der Waals surface area (Å²) < 4.78 is 23.8. The molecule has 0 aliphatic heterocycles. The van der Waals surface area contributed by atoms with Crippen molar-refractivity contribution >= 4 is 5.97 Å². The van der Waals surface area contributed by atoms with Crippen LogP contribution in [-0.2, 0) is 9.53 Å². The Morgan fingerprint density at radius 2 is 1.95 bits per heavy atom. The van der Waals surface area contributed by atoms with Crippen molar-refractivity contribution < 1.29 is 18.7 Å². The molecule has 0 aromatic heterocycles. The van der Waals surface area contributed by atoms with E-state index in [0.717, 1.165) is 0 Å². The van der Waals surface area contributed by atoms with Crippen LogP contribution in [0.1, 0.15) is 13.8 Å². The van der Waals surface area contributed by atoms with Gasteiger partial charge in [-0.1, -0.05) is 12.1 Å². The molecule has 0 aliphatic rings. The Morgan fingerprint density at radius 3 is 2.47 bits per heavy atom. The quantitative estimate of drug-likeness (QED) is 0.467. The molecule has 4 nitrogen and oxygen atoms in total. The van der Waals surface area contributed by atoms with Gasteiger partial charge in [0.1, 0.15) is 0 Å². The molecule has 0 saturated heterocycles. The maximum atomic E-state index is 13.5. The Bertz CT molecular complexity index is 470. The van der Waals surface area contributed by atoms with Crippen molar-refractivity contribution in [2.45, 2.75) is 20.0 Å². The predicted molar refractivity (Wildman–Crippen MR) is 70.0 cm³/mol. The van der Waals surface area contributed by atoms with Crippen molar-refractivity contribution in [3.05, 3.63) is 42.0 Å². The van der Waals surface area contributed by atoms with Gasteiger partial charge in [0.25, 0.3) is 0 Å². The molecule has 1 rings (SSSR count). The van der Waals surface area contributed by atoms with Crippen LogP contribution < -0.4 is 4.74 Å². The van der Waals surface area contributed by atoms with Gasteiger partial charge >= 0.3 is 5.97 Å². The average molecular weight is 267 g/mol. The van der Waals surface area contributed by atoms with Gasteiger partial charge in [0, 0.05) is 20.3 Å². The first-order valence-corrected chi connectivity index (χ1v) is 5.91. The molecule has 0 heterocycles. The van der Waals surface area contributed by atoms with Crippen molar-refractivity contribution in [1.82, 2.24) is 4.90 Å². The summed E-state index contributed by atoms with van der Waals surface area (Å²) in [6.07, 6.45) is 1.17. The molecule has 104 valence electrons. The molecule has 1 aromatic carbocycles. The van der Waals surface area contributed by atoms with Crippen LogP contribution in [0.4, 0.5) is 4.39 Å². The average Bonchev–Trinajstić information content (AvgIpc) is 2.29. The number of nitrogens with zero attached hydrogens (tertiary/aromatic N) is 1. The second-order valence-corrected chi connectivity index (χ2v) is 4.44. The first-order chi connectivity index (χ1) is 8.90. The standard InChI is InChI=1S/C14H18FNO3/c1-10(2)18-14(17)13(9-16(3)4)19-12-8-6-5-7-11(12)15/h5-10H,1-4H3. The second-order valence-electron chi connectivity index (χ2n) is 4.44. The minimum absolute atomic E-state index is 0.0173. The van der Waals surface area contributed by atoms with Crippen LogP contribution in [0.25, 0.3) is 0 Å². The Balaban J connectivity index is 2.94. The lowest BCUT2D eigenvalue weighted by Crippen LogP contribution is -2.20. The number of carbonyl (C=O) groups is 1. The molecular weight excluding hydrogens is 249 g/mol. The minimum Gasteiger partial charge on any atom is -0.457 e. The predicted octanol–water partition coefficient (Wildman–Crippen LogP) is 2.56. The number of carbonyl (C=O) groups excluding carboxylic acids is 1. The number of ether oxygens (including phenoxy) is 2. The molecule has 19 heavy (non-hydrogen) atoms. The van der Waals surface area contributed by atoms with Crippen LogP contribution >= 0.6 is 0 Å². The first kappa shape index (κ1) is 15.0. The molecule has 5 heteroatoms. The van der Waals surface area contributed by atoms with Crippen LogP contribution in [0.3, 0.4) is 0 Å². The lowest BCUT2D eigenvalue weighted by molar-refractivity contribution is -0.145. The summed E-state index contributed by atoms with van der Waals surface area (Å²) in [6, 6.07) is 5.88. The summed E-state index contributed by atoms with van der Waals surface area (Å²) in [5.41, 5.74) is 0. The highest BCUT2D eigenvalue weighted by Gasteiger charge is 2.17. The van der Waals surface area contributed by atoms with E-state index in [2.05, 4.69) is 0 Å². The van der Waals surface area contributed by atoms with Gasteiger partial charge in [-0.2, -0.15) is 0 Å². The zero-order valence-electron chi connectivity index (χ0n) is 11.5. The van der Waals surface area contributed by atoms with Crippen LogP contribution in [-0.4, -0.2) is 31.1 Å². The van der Waals surface area contributed by atoms with Crippen molar-refractivity contribution in [1.29, 1.82) is 0 Å². The smallest absolute Gasteiger partial charge is 0.376 e. The van der Waals surface area contributed by atoms with Crippen molar-refractivity contribution in [2.24, 2.45) is 0 Å². The number of para-hydroxylation sites is 1. The van der Waals surface area contributed by atoms with E-state index in [1.807, 2.05) is 0 Å². The molecule has 0 aliphatic carbocycles. The highest BCUT2D eigenvalue weighted by molar-refractivity contribution is 5.86. The highest BCUT2D eigenvalue weighted by Crippen LogP contribution is 2.19. The summed E-state index contributed by atoms with van der Waals surface area (Å²) in [4.78, 5) is 13.5. The molecule has 0 radical (unpaired) electrons. The highest BCUT2D eigenvalue weighted by atomic mass is 19.1. The second kappa shape index (κ2) is 6.78. The van der Waals surface area contributed by atoms with Crippen molar-refractivity contribution in [3.63, 3.8) is 0 Å². The van der Waals surface area contributed by atoms with Gasteiger partial charge in [-0.3, -0.25) is 0 Å². The SMILES string of the molecule is CC(C)OC(=O)C(=CN(C)C)Oc1ccccc1F. The van der Waals surface area contributed by atoms with Crippen molar-refractivity contribution in [3.8, 4) is 5.75 Å². The molecule has 0 bridgehead atoms. The number of hydrogen-bond donors (Lipinski definition) is 0. The van der Waals surface area contributed by atoms with Gasteiger partial charge in [0.15, 0.2) is 11.6 Å². The Morgan fingerprint density at radius 1 is 1.32 bits per heavy atom. The lowest BCUT2D eigenvalue weighted by atomic mass is 10.3. The van der Waals surface area contributed by atoms with E-state index in [4.69, 9.17) is 9.47 Å². The number of esters is 1. The molecule has 0 N–H and O–H groups in total. The van der Waals surface area contributed by atoms with Gasteiger partial charge < -0.3 is 14.4 Å². The molecular formula is C14H18FNO3. The van der Waals surface area contributed by atoms with E-state index in [0.29, 0.717) is 0 Å². The number of halogens is 1. The molecule has 1 aromatic rings. The normalized spacial score (nSPS) is 11.4. The fourth-order valence-electron chi connectivity index (χ4n) is 1.27. The zero-order valence-corrected chi connectivity index (χ0v) is 11.5.